The SMILES string of the molecule is COc1ccc(C2=NO[C@@H](C(=O)Nc3cc(OC)c(OC)c(OC)c3)C2)cc1. The van der Waals surface area contributed by atoms with E-state index in [2.05, 4.69) is 10.5 Å². The molecule has 0 unspecified atom stereocenters. The van der Waals surface area contributed by atoms with Gasteiger partial charge in [-0.05, 0) is 29.8 Å². The zero-order valence-corrected chi connectivity index (χ0v) is 16.1. The summed E-state index contributed by atoms with van der Waals surface area (Å²) in [6.45, 7) is 0. The molecule has 1 aliphatic rings. The Morgan fingerprint density at radius 2 is 1.64 bits per heavy atom. The molecule has 3 rings (SSSR count). The largest absolute Gasteiger partial charge is 0.497 e. The fraction of sp³-hybridized carbons (Fsp3) is 0.300. The van der Waals surface area contributed by atoms with Crippen molar-refractivity contribution < 1.29 is 28.6 Å². The van der Waals surface area contributed by atoms with Crippen molar-refractivity contribution in [3.63, 3.8) is 0 Å². The third-order valence-corrected chi connectivity index (χ3v) is 4.32. The molecule has 2 aromatic rings. The number of hydrogen-bond donors (Lipinski definition) is 1. The topological polar surface area (TPSA) is 87.6 Å². The molecule has 8 heteroatoms. The lowest BCUT2D eigenvalue weighted by molar-refractivity contribution is -0.125. The van der Waals surface area contributed by atoms with Gasteiger partial charge >= 0.3 is 0 Å². The van der Waals surface area contributed by atoms with Gasteiger partial charge in [0.05, 0.1) is 34.2 Å². The van der Waals surface area contributed by atoms with E-state index in [9.17, 15) is 4.79 Å². The smallest absolute Gasteiger partial charge is 0.268 e. The van der Waals surface area contributed by atoms with Crippen LogP contribution in [-0.4, -0.2) is 46.2 Å². The Labute approximate surface area is 163 Å². The Morgan fingerprint density at radius 3 is 2.18 bits per heavy atom. The van der Waals surface area contributed by atoms with Crippen LogP contribution in [0.15, 0.2) is 41.6 Å². The van der Waals surface area contributed by atoms with E-state index >= 15 is 0 Å². The van der Waals surface area contributed by atoms with Crippen LogP contribution in [0.4, 0.5) is 5.69 Å². The molecule has 1 heterocycles. The Hall–Kier alpha value is -3.42. The molecule has 1 amide bonds. The number of carbonyl (C=O) groups excluding carboxylic acids is 1. The summed E-state index contributed by atoms with van der Waals surface area (Å²) in [4.78, 5) is 17.9. The van der Waals surface area contributed by atoms with Gasteiger partial charge in [-0.3, -0.25) is 4.79 Å². The molecule has 148 valence electrons. The monoisotopic (exact) mass is 386 g/mol. The van der Waals surface area contributed by atoms with Gasteiger partial charge in [-0.15, -0.1) is 0 Å². The molecule has 28 heavy (non-hydrogen) atoms. The average molecular weight is 386 g/mol. The maximum Gasteiger partial charge on any atom is 0.268 e. The first-order valence-corrected chi connectivity index (χ1v) is 8.57. The lowest BCUT2D eigenvalue weighted by Gasteiger charge is -2.15. The number of amides is 1. The highest BCUT2D eigenvalue weighted by molar-refractivity contribution is 6.06. The minimum atomic E-state index is -0.726. The van der Waals surface area contributed by atoms with Gasteiger partial charge in [0.2, 0.25) is 11.9 Å². The number of nitrogens with zero attached hydrogens (tertiary/aromatic N) is 1. The molecule has 0 saturated carbocycles. The number of benzene rings is 2. The zero-order chi connectivity index (χ0) is 20.1. The summed E-state index contributed by atoms with van der Waals surface area (Å²) < 4.78 is 21.0. The number of hydrogen-bond acceptors (Lipinski definition) is 7. The zero-order valence-electron chi connectivity index (χ0n) is 16.1. The van der Waals surface area contributed by atoms with E-state index in [0.717, 1.165) is 11.3 Å². The van der Waals surface area contributed by atoms with Crippen molar-refractivity contribution in [2.45, 2.75) is 12.5 Å². The predicted molar refractivity (Wildman–Crippen MR) is 104 cm³/mol. The first kappa shape index (κ1) is 19.3. The Morgan fingerprint density at radius 1 is 1.00 bits per heavy atom. The molecule has 8 nitrogen and oxygen atoms in total. The van der Waals surface area contributed by atoms with E-state index < -0.39 is 6.10 Å². The van der Waals surface area contributed by atoms with E-state index in [1.165, 1.54) is 21.3 Å². The number of ether oxygens (including phenoxy) is 4. The summed E-state index contributed by atoms with van der Waals surface area (Å²) in [5.74, 6) is 1.77. The van der Waals surface area contributed by atoms with Gasteiger partial charge in [-0.1, -0.05) is 5.16 Å². The third kappa shape index (κ3) is 3.95. The summed E-state index contributed by atoms with van der Waals surface area (Å²) in [6.07, 6.45) is -0.362. The second-order valence-corrected chi connectivity index (χ2v) is 5.97. The van der Waals surface area contributed by atoms with Crippen molar-refractivity contribution in [1.82, 2.24) is 0 Å². The molecule has 0 aromatic heterocycles. The number of rotatable bonds is 7. The summed E-state index contributed by atoms with van der Waals surface area (Å²) >= 11 is 0. The van der Waals surface area contributed by atoms with Gasteiger partial charge < -0.3 is 29.1 Å². The number of nitrogens with one attached hydrogen (secondary N) is 1. The first-order valence-electron chi connectivity index (χ1n) is 8.57. The third-order valence-electron chi connectivity index (χ3n) is 4.32. The molecule has 0 bridgehead atoms. The van der Waals surface area contributed by atoms with Crippen LogP contribution in [0.3, 0.4) is 0 Å². The first-order chi connectivity index (χ1) is 13.6. The minimum Gasteiger partial charge on any atom is -0.497 e. The van der Waals surface area contributed by atoms with Crippen molar-refractivity contribution in [1.29, 1.82) is 0 Å². The van der Waals surface area contributed by atoms with E-state index in [-0.39, 0.29) is 5.91 Å². The van der Waals surface area contributed by atoms with Crippen molar-refractivity contribution >= 4 is 17.3 Å². The van der Waals surface area contributed by atoms with Crippen LogP contribution in [0.5, 0.6) is 23.0 Å². The van der Waals surface area contributed by atoms with Gasteiger partial charge in [0.1, 0.15) is 5.75 Å². The number of anilines is 1. The van der Waals surface area contributed by atoms with Gasteiger partial charge in [0, 0.05) is 24.2 Å². The standard InChI is InChI=1S/C20H22N2O6/c1-24-14-7-5-12(6-8-14)15-11-18(28-22-15)20(23)21-13-9-16(25-2)19(27-4)17(10-13)26-3/h5-10,18H,11H2,1-4H3,(H,21,23)/t18-/m1/s1. The molecule has 1 aliphatic heterocycles. The Kier molecular flexibility index (Phi) is 5.88. The van der Waals surface area contributed by atoms with Crippen molar-refractivity contribution in [3.05, 3.63) is 42.0 Å². The van der Waals surface area contributed by atoms with E-state index in [4.69, 9.17) is 23.8 Å². The lowest BCUT2D eigenvalue weighted by Crippen LogP contribution is -2.28. The molecule has 0 spiro atoms. The summed E-state index contributed by atoms with van der Waals surface area (Å²) in [5.41, 5.74) is 2.08. The summed E-state index contributed by atoms with van der Waals surface area (Å²) in [5, 5.41) is 6.85. The van der Waals surface area contributed by atoms with E-state index in [1.807, 2.05) is 24.3 Å². The quantitative estimate of drug-likeness (QED) is 0.787. The molecule has 1 atom stereocenters. The molecular weight excluding hydrogens is 364 g/mol. The van der Waals surface area contributed by atoms with Crippen molar-refractivity contribution in [2.24, 2.45) is 5.16 Å². The maximum atomic E-state index is 12.6. The molecule has 0 aliphatic carbocycles. The van der Waals surface area contributed by atoms with Crippen LogP contribution in [0.1, 0.15) is 12.0 Å². The lowest BCUT2D eigenvalue weighted by atomic mass is 10.0. The highest BCUT2D eigenvalue weighted by atomic mass is 16.6. The number of carbonyl (C=O) groups is 1. The molecule has 1 N–H and O–H groups in total. The summed E-state index contributed by atoms with van der Waals surface area (Å²) in [7, 11) is 6.15. The molecule has 0 fully saturated rings. The van der Waals surface area contributed by atoms with Gasteiger partial charge in [0.15, 0.2) is 11.5 Å². The van der Waals surface area contributed by atoms with E-state index in [0.29, 0.717) is 35.1 Å². The Balaban J connectivity index is 1.69. The minimum absolute atomic E-state index is 0.318. The van der Waals surface area contributed by atoms with Crippen molar-refractivity contribution in [2.75, 3.05) is 33.8 Å². The van der Waals surface area contributed by atoms with Crippen molar-refractivity contribution in [3.8, 4) is 23.0 Å². The highest BCUT2D eigenvalue weighted by Gasteiger charge is 2.29. The van der Waals surface area contributed by atoms with Crippen LogP contribution in [0.25, 0.3) is 0 Å². The van der Waals surface area contributed by atoms with Gasteiger partial charge in [0.25, 0.3) is 5.91 Å². The second-order valence-electron chi connectivity index (χ2n) is 5.97. The fourth-order valence-corrected chi connectivity index (χ4v) is 2.85. The van der Waals surface area contributed by atoms with Crippen LogP contribution in [0, 0.1) is 0 Å². The molecule has 2 aromatic carbocycles. The fourth-order valence-electron chi connectivity index (χ4n) is 2.85. The number of oxime groups is 1. The normalized spacial score (nSPS) is 15.3. The Bertz CT molecular complexity index is 854. The molecule has 0 radical (unpaired) electrons. The maximum absolute atomic E-state index is 12.6. The molecule has 0 saturated heterocycles. The van der Waals surface area contributed by atoms with Crippen LogP contribution < -0.4 is 24.3 Å². The van der Waals surface area contributed by atoms with Crippen LogP contribution in [0.2, 0.25) is 0 Å². The van der Waals surface area contributed by atoms with E-state index in [1.54, 1.807) is 19.2 Å². The van der Waals surface area contributed by atoms with Gasteiger partial charge in [-0.25, -0.2) is 0 Å². The summed E-state index contributed by atoms with van der Waals surface area (Å²) in [6, 6.07) is 10.7. The predicted octanol–water partition coefficient (Wildman–Crippen LogP) is 2.85. The van der Waals surface area contributed by atoms with Gasteiger partial charge in [-0.2, -0.15) is 0 Å². The van der Waals surface area contributed by atoms with Crippen LogP contribution >= 0.6 is 0 Å². The molecular formula is C20H22N2O6. The highest BCUT2D eigenvalue weighted by Crippen LogP contribution is 2.40. The second kappa shape index (κ2) is 8.51. The number of methoxy groups -OCH3 is 4. The van der Waals surface area contributed by atoms with Crippen LogP contribution in [-0.2, 0) is 9.63 Å². The average Bonchev–Trinajstić information content (AvgIpc) is 3.23.